The molecule has 1 aliphatic rings. The van der Waals surface area contributed by atoms with Crippen molar-refractivity contribution in [2.75, 3.05) is 0 Å². The van der Waals surface area contributed by atoms with Crippen LogP contribution in [0, 0.1) is 5.92 Å². The average molecular weight is 306 g/mol. The number of amides is 1. The Morgan fingerprint density at radius 2 is 1.83 bits per heavy atom. The van der Waals surface area contributed by atoms with E-state index in [1.807, 2.05) is 0 Å². The van der Waals surface area contributed by atoms with Crippen molar-refractivity contribution < 1.29 is 4.79 Å². The standard InChI is InChI=1S/C12H11Cl3N2O/c1-6(16-17-12(18)7-2-3-7)8-4-5-9(13)11(15)10(8)14/h4-5,7,16H,1-3H2,(H,17,18). The zero-order chi connectivity index (χ0) is 13.3. The van der Waals surface area contributed by atoms with Crippen LogP contribution in [0.5, 0.6) is 0 Å². The Bertz CT molecular complexity index is 512. The van der Waals surface area contributed by atoms with E-state index in [1.165, 1.54) is 0 Å². The minimum absolute atomic E-state index is 0.0349. The van der Waals surface area contributed by atoms with E-state index in [9.17, 15) is 4.79 Å². The van der Waals surface area contributed by atoms with Gasteiger partial charge in [-0.25, -0.2) is 0 Å². The number of rotatable bonds is 4. The van der Waals surface area contributed by atoms with Crippen molar-refractivity contribution in [1.82, 2.24) is 10.9 Å². The van der Waals surface area contributed by atoms with Gasteiger partial charge in [0.2, 0.25) is 5.91 Å². The minimum Gasteiger partial charge on any atom is -0.299 e. The first-order valence-corrected chi connectivity index (χ1v) is 6.52. The molecule has 2 N–H and O–H groups in total. The third-order valence-corrected chi connectivity index (χ3v) is 3.94. The van der Waals surface area contributed by atoms with Gasteiger partial charge < -0.3 is 0 Å². The van der Waals surface area contributed by atoms with Gasteiger partial charge in [-0.3, -0.25) is 15.6 Å². The Labute approximate surface area is 120 Å². The van der Waals surface area contributed by atoms with Crippen LogP contribution >= 0.6 is 34.8 Å². The third-order valence-electron chi connectivity index (χ3n) is 2.65. The SMILES string of the molecule is C=C(NNC(=O)C1CC1)c1ccc(Cl)c(Cl)c1Cl. The van der Waals surface area contributed by atoms with Crippen molar-refractivity contribution >= 4 is 46.4 Å². The van der Waals surface area contributed by atoms with Crippen LogP contribution in [0.1, 0.15) is 18.4 Å². The quantitative estimate of drug-likeness (QED) is 0.658. The summed E-state index contributed by atoms with van der Waals surface area (Å²) in [7, 11) is 0. The highest BCUT2D eigenvalue weighted by Crippen LogP contribution is 2.34. The summed E-state index contributed by atoms with van der Waals surface area (Å²) < 4.78 is 0. The summed E-state index contributed by atoms with van der Waals surface area (Å²) in [6, 6.07) is 3.32. The van der Waals surface area contributed by atoms with Gasteiger partial charge in [0.05, 0.1) is 20.8 Å². The fraction of sp³-hybridized carbons (Fsp3) is 0.250. The highest BCUT2D eigenvalue weighted by molar-refractivity contribution is 6.48. The number of carbonyl (C=O) groups is 1. The summed E-state index contributed by atoms with van der Waals surface area (Å²) in [4.78, 5) is 11.5. The molecule has 0 bridgehead atoms. The molecule has 0 atom stereocenters. The van der Waals surface area contributed by atoms with Gasteiger partial charge >= 0.3 is 0 Å². The van der Waals surface area contributed by atoms with Crippen molar-refractivity contribution in [3.05, 3.63) is 39.3 Å². The molecule has 1 aromatic carbocycles. The van der Waals surface area contributed by atoms with Crippen molar-refractivity contribution in [1.29, 1.82) is 0 Å². The summed E-state index contributed by atoms with van der Waals surface area (Å²) in [5.41, 5.74) is 6.37. The lowest BCUT2D eigenvalue weighted by Crippen LogP contribution is -2.36. The second kappa shape index (κ2) is 5.39. The lowest BCUT2D eigenvalue weighted by atomic mass is 10.2. The molecule has 1 aromatic rings. The topological polar surface area (TPSA) is 41.1 Å². The molecule has 0 aliphatic heterocycles. The van der Waals surface area contributed by atoms with E-state index in [0.717, 1.165) is 12.8 Å². The van der Waals surface area contributed by atoms with Gasteiger partial charge in [-0.15, -0.1) is 0 Å². The molecule has 2 rings (SSSR count). The van der Waals surface area contributed by atoms with Crippen molar-refractivity contribution in [2.45, 2.75) is 12.8 Å². The summed E-state index contributed by atoms with van der Waals surface area (Å²) in [5.74, 6) is 0.0851. The molecule has 3 nitrogen and oxygen atoms in total. The molecule has 18 heavy (non-hydrogen) atoms. The molecule has 0 saturated heterocycles. The van der Waals surface area contributed by atoms with Gasteiger partial charge in [0.25, 0.3) is 0 Å². The molecule has 0 heterocycles. The number of halogens is 3. The molecule has 6 heteroatoms. The molecule has 1 saturated carbocycles. The van der Waals surface area contributed by atoms with Crippen LogP contribution in [0.15, 0.2) is 18.7 Å². The van der Waals surface area contributed by atoms with Crippen molar-refractivity contribution in [2.24, 2.45) is 5.92 Å². The largest absolute Gasteiger partial charge is 0.299 e. The Kier molecular flexibility index (Phi) is 4.05. The van der Waals surface area contributed by atoms with E-state index in [2.05, 4.69) is 17.4 Å². The molecule has 1 aliphatic carbocycles. The Morgan fingerprint density at radius 3 is 2.44 bits per heavy atom. The average Bonchev–Trinajstić information content (AvgIpc) is 3.17. The van der Waals surface area contributed by atoms with Crippen LogP contribution in [0.4, 0.5) is 0 Å². The number of nitrogens with one attached hydrogen (secondary N) is 2. The first kappa shape index (κ1) is 13.5. The van der Waals surface area contributed by atoms with Crippen LogP contribution < -0.4 is 10.9 Å². The number of benzene rings is 1. The second-order valence-corrected chi connectivity index (χ2v) is 5.25. The highest BCUT2D eigenvalue weighted by atomic mass is 35.5. The van der Waals surface area contributed by atoms with Crippen molar-refractivity contribution in [3.8, 4) is 0 Å². The maximum atomic E-state index is 11.5. The van der Waals surface area contributed by atoms with E-state index in [1.54, 1.807) is 12.1 Å². The summed E-state index contributed by atoms with van der Waals surface area (Å²) in [6.07, 6.45) is 1.88. The van der Waals surface area contributed by atoms with Crippen LogP contribution in [0.2, 0.25) is 15.1 Å². The van der Waals surface area contributed by atoms with Crippen LogP contribution in [0.3, 0.4) is 0 Å². The maximum absolute atomic E-state index is 11.5. The Hall–Kier alpha value is -0.900. The van der Waals surface area contributed by atoms with Crippen molar-refractivity contribution in [3.63, 3.8) is 0 Å². The number of carbonyl (C=O) groups excluding carboxylic acids is 1. The molecule has 1 amide bonds. The molecule has 0 aromatic heterocycles. The fourth-order valence-electron chi connectivity index (χ4n) is 1.41. The molecular weight excluding hydrogens is 295 g/mol. The van der Waals surface area contributed by atoms with Crippen LogP contribution in [-0.4, -0.2) is 5.91 Å². The van der Waals surface area contributed by atoms with Gasteiger partial charge in [0.15, 0.2) is 0 Å². The van der Waals surface area contributed by atoms with Gasteiger partial charge in [-0.1, -0.05) is 41.4 Å². The smallest absolute Gasteiger partial charge is 0.241 e. The van der Waals surface area contributed by atoms with Gasteiger partial charge in [0.1, 0.15) is 0 Å². The molecule has 0 unspecified atom stereocenters. The van der Waals surface area contributed by atoms with Gasteiger partial charge in [-0.2, -0.15) is 0 Å². The lowest BCUT2D eigenvalue weighted by molar-refractivity contribution is -0.122. The predicted molar refractivity (Wildman–Crippen MR) is 74.5 cm³/mol. The number of hydrazine groups is 1. The fourth-order valence-corrected chi connectivity index (χ4v) is 2.06. The first-order chi connectivity index (χ1) is 8.50. The molecule has 0 spiro atoms. The number of hydrogen-bond acceptors (Lipinski definition) is 2. The highest BCUT2D eigenvalue weighted by Gasteiger charge is 2.29. The van der Waals surface area contributed by atoms with E-state index in [0.29, 0.717) is 21.3 Å². The Morgan fingerprint density at radius 1 is 1.17 bits per heavy atom. The van der Waals surface area contributed by atoms with E-state index < -0.39 is 0 Å². The summed E-state index contributed by atoms with van der Waals surface area (Å²) >= 11 is 17.8. The monoisotopic (exact) mass is 304 g/mol. The third kappa shape index (κ3) is 2.91. The first-order valence-electron chi connectivity index (χ1n) is 5.39. The van der Waals surface area contributed by atoms with Gasteiger partial charge in [-0.05, 0) is 25.0 Å². The zero-order valence-corrected chi connectivity index (χ0v) is 11.7. The minimum atomic E-state index is -0.0349. The molecule has 0 radical (unpaired) electrons. The zero-order valence-electron chi connectivity index (χ0n) is 9.40. The lowest BCUT2D eigenvalue weighted by Gasteiger charge is -2.13. The van der Waals surface area contributed by atoms with E-state index >= 15 is 0 Å². The Balaban J connectivity index is 2.04. The van der Waals surface area contributed by atoms with E-state index in [4.69, 9.17) is 34.8 Å². The second-order valence-electron chi connectivity index (χ2n) is 4.09. The normalized spacial score (nSPS) is 14.2. The maximum Gasteiger partial charge on any atom is 0.241 e. The predicted octanol–water partition coefficient (Wildman–Crippen LogP) is 3.65. The van der Waals surface area contributed by atoms with Crippen LogP contribution in [-0.2, 0) is 4.79 Å². The number of hydrogen-bond donors (Lipinski definition) is 2. The van der Waals surface area contributed by atoms with Crippen LogP contribution in [0.25, 0.3) is 5.70 Å². The summed E-state index contributed by atoms with van der Waals surface area (Å²) in [6.45, 7) is 3.80. The molecular formula is C12H11Cl3N2O. The molecule has 96 valence electrons. The molecule has 1 fully saturated rings. The van der Waals surface area contributed by atoms with Gasteiger partial charge in [0, 0.05) is 11.5 Å². The summed E-state index contributed by atoms with van der Waals surface area (Å²) in [5, 5.41) is 0.954. The van der Waals surface area contributed by atoms with E-state index in [-0.39, 0.29) is 16.8 Å².